The predicted molar refractivity (Wildman–Crippen MR) is 170 cm³/mol. The van der Waals surface area contributed by atoms with Crippen LogP contribution in [0.1, 0.15) is 60.3 Å². The van der Waals surface area contributed by atoms with Crippen LogP contribution in [0.5, 0.6) is 11.5 Å². The lowest BCUT2D eigenvalue weighted by Gasteiger charge is -2.18. The quantitative estimate of drug-likeness (QED) is 0.138. The summed E-state index contributed by atoms with van der Waals surface area (Å²) in [5, 5.41) is 36.0. The number of amides is 1. The highest BCUT2D eigenvalue weighted by Gasteiger charge is 2.14. The third-order valence-corrected chi connectivity index (χ3v) is 6.76. The summed E-state index contributed by atoms with van der Waals surface area (Å²) in [7, 11) is 1.70. The van der Waals surface area contributed by atoms with Crippen LogP contribution < -0.4 is 21.1 Å². The van der Waals surface area contributed by atoms with E-state index in [1.165, 1.54) is 23.3 Å². The summed E-state index contributed by atoms with van der Waals surface area (Å²) in [6.07, 6.45) is 1.56. The van der Waals surface area contributed by atoms with Gasteiger partial charge in [0.15, 0.2) is 0 Å². The van der Waals surface area contributed by atoms with Crippen molar-refractivity contribution in [2.24, 2.45) is 5.73 Å². The average Bonchev–Trinajstić information content (AvgIpc) is 3.01. The predicted octanol–water partition coefficient (Wildman–Crippen LogP) is 3.75. The number of nitrogens with two attached hydrogens (primary N) is 1. The Morgan fingerprint density at radius 2 is 1.56 bits per heavy atom. The van der Waals surface area contributed by atoms with Crippen molar-refractivity contribution >= 4 is 5.91 Å². The fourth-order valence-electron chi connectivity index (χ4n) is 4.11. The molecule has 1 amide bonds. The van der Waals surface area contributed by atoms with Crippen molar-refractivity contribution in [2.45, 2.75) is 64.3 Å². The number of aryl methyl sites for hydroxylation is 1. The topological polar surface area (TPSA) is 146 Å². The van der Waals surface area contributed by atoms with E-state index in [-0.39, 0.29) is 17.4 Å². The van der Waals surface area contributed by atoms with Crippen molar-refractivity contribution in [3.05, 3.63) is 95.1 Å². The molecule has 3 rings (SSSR count). The molecule has 0 heterocycles. The van der Waals surface area contributed by atoms with Crippen LogP contribution in [-0.4, -0.2) is 72.8 Å². The smallest absolute Gasteiger partial charge is 0.252 e. The number of primary amides is 1. The molecule has 0 saturated heterocycles. The van der Waals surface area contributed by atoms with Gasteiger partial charge in [-0.2, -0.15) is 0 Å². The highest BCUT2D eigenvalue weighted by molar-refractivity contribution is 5.95. The van der Waals surface area contributed by atoms with Gasteiger partial charge in [0, 0.05) is 32.3 Å². The molecule has 236 valence electrons. The third kappa shape index (κ3) is 14.5. The number of benzene rings is 3. The van der Waals surface area contributed by atoms with Gasteiger partial charge in [0.1, 0.15) is 24.2 Å². The average molecular weight is 596 g/mol. The highest BCUT2D eigenvalue weighted by Crippen LogP contribution is 2.22. The Bertz CT molecular complexity index is 1190. The van der Waals surface area contributed by atoms with E-state index >= 15 is 0 Å². The molecule has 0 bridgehead atoms. The van der Waals surface area contributed by atoms with Gasteiger partial charge in [-0.1, -0.05) is 62.4 Å². The molecule has 0 saturated carbocycles. The second-order valence-electron chi connectivity index (χ2n) is 10.9. The first kappa shape index (κ1) is 35.7. The minimum Gasteiger partial charge on any atom is -0.507 e. The second kappa shape index (κ2) is 19.7. The van der Waals surface area contributed by atoms with Gasteiger partial charge in [-0.05, 0) is 67.1 Å². The molecule has 0 radical (unpaired) electrons. The first-order valence-electron chi connectivity index (χ1n) is 14.8. The Balaban J connectivity index is 0.000000309. The van der Waals surface area contributed by atoms with Gasteiger partial charge in [-0.3, -0.25) is 4.79 Å². The van der Waals surface area contributed by atoms with Crippen molar-refractivity contribution in [1.29, 1.82) is 0 Å². The van der Waals surface area contributed by atoms with Crippen LogP contribution in [0.4, 0.5) is 0 Å². The molecule has 0 aliphatic heterocycles. The maximum Gasteiger partial charge on any atom is 0.252 e. The summed E-state index contributed by atoms with van der Waals surface area (Å²) < 4.78 is 10.6. The van der Waals surface area contributed by atoms with Gasteiger partial charge in [0.05, 0.1) is 18.3 Å². The molecular weight excluding hydrogens is 546 g/mol. The van der Waals surface area contributed by atoms with Gasteiger partial charge >= 0.3 is 0 Å². The molecule has 7 N–H and O–H groups in total. The molecule has 0 aliphatic rings. The number of phenols is 1. The number of carbonyl (C=O) groups excluding carboxylic acids is 1. The summed E-state index contributed by atoms with van der Waals surface area (Å²) >= 11 is 0. The fraction of sp³-hybridized carbons (Fsp3) is 0.441. The molecule has 9 heteroatoms. The number of aliphatic hydroxyl groups is 2. The van der Waals surface area contributed by atoms with Gasteiger partial charge < -0.3 is 41.2 Å². The molecule has 3 aromatic carbocycles. The monoisotopic (exact) mass is 595 g/mol. The molecule has 0 spiro atoms. The van der Waals surface area contributed by atoms with E-state index in [4.69, 9.17) is 15.2 Å². The van der Waals surface area contributed by atoms with Gasteiger partial charge in [-0.15, -0.1) is 0 Å². The zero-order chi connectivity index (χ0) is 31.6. The van der Waals surface area contributed by atoms with Crippen molar-refractivity contribution in [3.63, 3.8) is 0 Å². The number of aromatic hydroxyl groups is 1. The summed E-state index contributed by atoms with van der Waals surface area (Å²) in [5.74, 6) is -0.113. The Morgan fingerprint density at radius 3 is 2.19 bits per heavy atom. The first-order chi connectivity index (χ1) is 20.6. The van der Waals surface area contributed by atoms with E-state index in [2.05, 4.69) is 29.7 Å². The minimum atomic E-state index is -0.775. The van der Waals surface area contributed by atoms with Gasteiger partial charge in [0.25, 0.3) is 5.91 Å². The van der Waals surface area contributed by atoms with Crippen LogP contribution in [0.3, 0.4) is 0 Å². The van der Waals surface area contributed by atoms with E-state index in [1.807, 2.05) is 56.3 Å². The maximum absolute atomic E-state index is 11.2. The number of aliphatic hydroxyl groups excluding tert-OH is 2. The zero-order valence-corrected chi connectivity index (χ0v) is 25.8. The summed E-state index contributed by atoms with van der Waals surface area (Å²) in [5.41, 5.74) is 8.27. The van der Waals surface area contributed by atoms with Crippen LogP contribution in [0.25, 0.3) is 0 Å². The standard InChI is InChI=1S/C19H24N2O3.C15H25NO3/c1-13(7-8-14-5-3-2-4-6-14)21-12-18(23)15-9-10-17(22)16(11-15)19(20)24;1-12(2)16-10-14(17)11-19-15-6-4-13(5-7-15)8-9-18-3/h2-6,9-11,13,18,21-23H,7-8,12H2,1H3,(H2,20,24);4-7,12,14,16-17H,8-11H2,1-3H3. The van der Waals surface area contributed by atoms with E-state index < -0.39 is 18.1 Å². The Kier molecular flexibility index (Phi) is 16.3. The third-order valence-electron chi connectivity index (χ3n) is 6.76. The lowest BCUT2D eigenvalue weighted by Crippen LogP contribution is -2.35. The molecule has 0 aromatic heterocycles. The van der Waals surface area contributed by atoms with Crippen LogP contribution in [0.15, 0.2) is 72.8 Å². The lowest BCUT2D eigenvalue weighted by molar-refractivity contribution is 0.0997. The number of ether oxygens (including phenoxy) is 2. The van der Waals surface area contributed by atoms with E-state index in [0.717, 1.165) is 31.6 Å². The first-order valence-corrected chi connectivity index (χ1v) is 14.8. The van der Waals surface area contributed by atoms with Crippen LogP contribution in [0, 0.1) is 0 Å². The van der Waals surface area contributed by atoms with Gasteiger partial charge in [0.2, 0.25) is 0 Å². The molecule has 3 unspecified atom stereocenters. The second-order valence-corrected chi connectivity index (χ2v) is 10.9. The largest absolute Gasteiger partial charge is 0.507 e. The SMILES string of the molecule is CC(CCc1ccccc1)NCC(O)c1ccc(O)c(C(N)=O)c1.COCCc1ccc(OCC(O)CNC(C)C)cc1. The van der Waals surface area contributed by atoms with Crippen molar-refractivity contribution in [1.82, 2.24) is 10.6 Å². The lowest BCUT2D eigenvalue weighted by atomic mass is 10.0. The number of carbonyl (C=O) groups is 1. The Morgan fingerprint density at radius 1 is 0.884 bits per heavy atom. The van der Waals surface area contributed by atoms with Crippen molar-refractivity contribution in [3.8, 4) is 11.5 Å². The summed E-state index contributed by atoms with van der Waals surface area (Å²) in [4.78, 5) is 11.2. The molecule has 0 aliphatic carbocycles. The number of hydrogen-bond acceptors (Lipinski definition) is 8. The van der Waals surface area contributed by atoms with Crippen LogP contribution >= 0.6 is 0 Å². The summed E-state index contributed by atoms with van der Waals surface area (Å²) in [6, 6.07) is 23.1. The van der Waals surface area contributed by atoms with E-state index in [0.29, 0.717) is 31.3 Å². The highest BCUT2D eigenvalue weighted by atomic mass is 16.5. The number of methoxy groups -OCH3 is 1. The number of rotatable bonds is 17. The normalized spacial score (nSPS) is 13.1. The molecule has 3 atom stereocenters. The van der Waals surface area contributed by atoms with Crippen molar-refractivity contribution in [2.75, 3.05) is 33.4 Å². The molecule has 9 nitrogen and oxygen atoms in total. The zero-order valence-electron chi connectivity index (χ0n) is 25.8. The van der Waals surface area contributed by atoms with Gasteiger partial charge in [-0.25, -0.2) is 0 Å². The maximum atomic E-state index is 11.2. The molecular formula is C34H49N3O6. The number of nitrogens with one attached hydrogen (secondary N) is 2. The summed E-state index contributed by atoms with van der Waals surface area (Å²) in [6.45, 7) is 8.10. The molecule has 3 aromatic rings. The van der Waals surface area contributed by atoms with E-state index in [9.17, 15) is 20.1 Å². The fourth-order valence-corrected chi connectivity index (χ4v) is 4.11. The Hall–Kier alpha value is -3.47. The van der Waals surface area contributed by atoms with Crippen LogP contribution in [-0.2, 0) is 17.6 Å². The number of hydrogen-bond donors (Lipinski definition) is 6. The Labute approximate surface area is 256 Å². The molecule has 43 heavy (non-hydrogen) atoms. The van der Waals surface area contributed by atoms with Crippen molar-refractivity contribution < 1.29 is 29.6 Å². The van der Waals surface area contributed by atoms with E-state index in [1.54, 1.807) is 13.2 Å². The minimum absolute atomic E-state index is 0.0173. The molecule has 0 fully saturated rings. The van der Waals surface area contributed by atoms with Crippen LogP contribution in [0.2, 0.25) is 0 Å².